The number of nitrogens with one attached hydrogen (secondary N) is 2. The van der Waals surface area contributed by atoms with Crippen LogP contribution in [-0.4, -0.2) is 44.8 Å². The molecule has 1 aromatic carbocycles. The standard InChI is InChI=1S/C19H26N2O6/c1-12-6-4-5-7-15(12)20-19(24)21-17(22)11-27-18(23)14-9-8-13(25-2)10-16(14)26-3/h8-10,12,15H,4-7,11H2,1-3H3,(H2,20,21,22,24)/t12-,15-/m1/s1. The SMILES string of the molecule is COc1ccc(C(=O)OCC(=O)NC(=O)N[C@@H]2CCCC[C@H]2C)c(OC)c1. The zero-order chi connectivity index (χ0) is 19.8. The first kappa shape index (κ1) is 20.5. The van der Waals surface area contributed by atoms with E-state index in [1.165, 1.54) is 26.4 Å². The van der Waals surface area contributed by atoms with Crippen molar-refractivity contribution in [2.24, 2.45) is 5.92 Å². The summed E-state index contributed by atoms with van der Waals surface area (Å²) in [5.41, 5.74) is 0.159. The molecule has 8 heteroatoms. The molecule has 0 saturated heterocycles. The third-order valence-electron chi connectivity index (χ3n) is 4.64. The van der Waals surface area contributed by atoms with Gasteiger partial charge in [-0.1, -0.05) is 19.8 Å². The van der Waals surface area contributed by atoms with E-state index >= 15 is 0 Å². The van der Waals surface area contributed by atoms with Gasteiger partial charge in [-0.3, -0.25) is 10.1 Å². The van der Waals surface area contributed by atoms with Gasteiger partial charge >= 0.3 is 12.0 Å². The van der Waals surface area contributed by atoms with Gasteiger partial charge in [-0.2, -0.15) is 0 Å². The highest BCUT2D eigenvalue weighted by Crippen LogP contribution is 2.25. The minimum absolute atomic E-state index is 0.0534. The van der Waals surface area contributed by atoms with Crippen molar-refractivity contribution in [2.75, 3.05) is 20.8 Å². The molecule has 0 radical (unpaired) electrons. The van der Waals surface area contributed by atoms with E-state index in [9.17, 15) is 14.4 Å². The Labute approximate surface area is 158 Å². The number of ether oxygens (including phenoxy) is 3. The second-order valence-electron chi connectivity index (χ2n) is 6.53. The summed E-state index contributed by atoms with van der Waals surface area (Å²) in [5.74, 6) is -0.263. The summed E-state index contributed by atoms with van der Waals surface area (Å²) in [6, 6.07) is 4.08. The maximum absolute atomic E-state index is 12.2. The largest absolute Gasteiger partial charge is 0.497 e. The minimum atomic E-state index is -0.731. The summed E-state index contributed by atoms with van der Waals surface area (Å²) in [7, 11) is 2.91. The molecular weight excluding hydrogens is 352 g/mol. The van der Waals surface area contributed by atoms with Crippen molar-refractivity contribution in [2.45, 2.75) is 38.6 Å². The summed E-state index contributed by atoms with van der Waals surface area (Å²) < 4.78 is 15.2. The Morgan fingerprint density at radius 2 is 1.85 bits per heavy atom. The Bertz CT molecular complexity index is 691. The predicted octanol–water partition coefficient (Wildman–Crippen LogP) is 2.27. The first-order valence-corrected chi connectivity index (χ1v) is 8.94. The number of amides is 3. The number of benzene rings is 1. The Morgan fingerprint density at radius 1 is 1.11 bits per heavy atom. The molecule has 2 N–H and O–H groups in total. The first-order valence-electron chi connectivity index (χ1n) is 8.94. The quantitative estimate of drug-likeness (QED) is 0.736. The first-order chi connectivity index (χ1) is 12.9. The third kappa shape index (κ3) is 5.87. The van der Waals surface area contributed by atoms with E-state index in [0.29, 0.717) is 11.7 Å². The highest BCUT2D eigenvalue weighted by molar-refractivity contribution is 5.98. The van der Waals surface area contributed by atoms with E-state index in [4.69, 9.17) is 14.2 Å². The molecule has 0 unspecified atom stereocenters. The summed E-state index contributed by atoms with van der Waals surface area (Å²) >= 11 is 0. The van der Waals surface area contributed by atoms with Crippen LogP contribution in [0.3, 0.4) is 0 Å². The van der Waals surface area contributed by atoms with E-state index in [2.05, 4.69) is 17.6 Å². The van der Waals surface area contributed by atoms with Gasteiger partial charge in [0, 0.05) is 12.1 Å². The fourth-order valence-electron chi connectivity index (χ4n) is 3.07. The van der Waals surface area contributed by atoms with Gasteiger partial charge in [0.1, 0.15) is 17.1 Å². The van der Waals surface area contributed by atoms with Gasteiger partial charge in [-0.05, 0) is 30.9 Å². The van der Waals surface area contributed by atoms with Crippen molar-refractivity contribution in [3.05, 3.63) is 23.8 Å². The van der Waals surface area contributed by atoms with Crippen LogP contribution in [0.2, 0.25) is 0 Å². The van der Waals surface area contributed by atoms with Crippen LogP contribution >= 0.6 is 0 Å². The fraction of sp³-hybridized carbons (Fsp3) is 0.526. The Morgan fingerprint density at radius 3 is 2.52 bits per heavy atom. The molecule has 1 fully saturated rings. The number of carbonyl (C=O) groups excluding carboxylic acids is 3. The summed E-state index contributed by atoms with van der Waals surface area (Å²) in [4.78, 5) is 36.0. The van der Waals surface area contributed by atoms with E-state index < -0.39 is 24.5 Å². The molecule has 0 heterocycles. The Balaban J connectivity index is 1.82. The van der Waals surface area contributed by atoms with Gasteiger partial charge in [0.2, 0.25) is 0 Å². The molecule has 2 atom stereocenters. The molecule has 1 aliphatic carbocycles. The lowest BCUT2D eigenvalue weighted by molar-refractivity contribution is -0.123. The van der Waals surface area contributed by atoms with Crippen LogP contribution in [0.4, 0.5) is 4.79 Å². The van der Waals surface area contributed by atoms with E-state index in [0.717, 1.165) is 25.7 Å². The molecule has 148 valence electrons. The van der Waals surface area contributed by atoms with E-state index in [1.54, 1.807) is 6.07 Å². The zero-order valence-corrected chi connectivity index (χ0v) is 15.9. The molecule has 0 aromatic heterocycles. The molecule has 1 saturated carbocycles. The van der Waals surface area contributed by atoms with Gasteiger partial charge in [0.25, 0.3) is 5.91 Å². The fourth-order valence-corrected chi connectivity index (χ4v) is 3.07. The van der Waals surface area contributed by atoms with Crippen molar-refractivity contribution in [1.29, 1.82) is 0 Å². The maximum atomic E-state index is 12.2. The van der Waals surface area contributed by atoms with Gasteiger partial charge < -0.3 is 19.5 Å². The lowest BCUT2D eigenvalue weighted by atomic mass is 9.86. The second-order valence-corrected chi connectivity index (χ2v) is 6.53. The van der Waals surface area contributed by atoms with Crippen molar-refractivity contribution in [1.82, 2.24) is 10.6 Å². The molecule has 0 spiro atoms. The molecule has 0 aliphatic heterocycles. The number of methoxy groups -OCH3 is 2. The number of rotatable bonds is 6. The number of urea groups is 1. The normalized spacial score (nSPS) is 18.9. The number of hydrogen-bond acceptors (Lipinski definition) is 6. The van der Waals surface area contributed by atoms with Crippen LogP contribution in [0.25, 0.3) is 0 Å². The van der Waals surface area contributed by atoms with E-state index in [1.807, 2.05) is 0 Å². The lowest BCUT2D eigenvalue weighted by Gasteiger charge is -2.29. The average molecular weight is 378 g/mol. The molecule has 0 bridgehead atoms. The molecule has 1 aromatic rings. The Hall–Kier alpha value is -2.77. The summed E-state index contributed by atoms with van der Waals surface area (Å²) in [6.07, 6.45) is 4.17. The minimum Gasteiger partial charge on any atom is -0.497 e. The van der Waals surface area contributed by atoms with Crippen LogP contribution in [-0.2, 0) is 9.53 Å². The number of hydrogen-bond donors (Lipinski definition) is 2. The van der Waals surface area contributed by atoms with Gasteiger partial charge in [0.05, 0.1) is 14.2 Å². The number of imide groups is 1. The number of carbonyl (C=O) groups is 3. The molecule has 8 nitrogen and oxygen atoms in total. The topological polar surface area (TPSA) is 103 Å². The maximum Gasteiger partial charge on any atom is 0.342 e. The predicted molar refractivity (Wildman–Crippen MR) is 97.9 cm³/mol. The van der Waals surface area contributed by atoms with Crippen molar-refractivity contribution < 1.29 is 28.6 Å². The highest BCUT2D eigenvalue weighted by atomic mass is 16.5. The summed E-state index contributed by atoms with van der Waals surface area (Å²) in [6.45, 7) is 1.51. The van der Waals surface area contributed by atoms with Gasteiger partial charge in [-0.25, -0.2) is 9.59 Å². The van der Waals surface area contributed by atoms with Crippen LogP contribution in [0, 0.1) is 5.92 Å². The summed E-state index contributed by atoms with van der Waals surface area (Å²) in [5, 5.41) is 4.99. The Kier molecular flexibility index (Phi) is 7.45. The molecule has 3 amide bonds. The van der Waals surface area contributed by atoms with Crippen molar-refractivity contribution >= 4 is 17.9 Å². The molecule has 1 aliphatic rings. The van der Waals surface area contributed by atoms with Crippen molar-refractivity contribution in [3.63, 3.8) is 0 Å². The van der Waals surface area contributed by atoms with Crippen LogP contribution in [0.15, 0.2) is 18.2 Å². The van der Waals surface area contributed by atoms with E-state index in [-0.39, 0.29) is 17.4 Å². The monoisotopic (exact) mass is 378 g/mol. The third-order valence-corrected chi connectivity index (χ3v) is 4.64. The van der Waals surface area contributed by atoms with Crippen LogP contribution in [0.1, 0.15) is 43.0 Å². The average Bonchev–Trinajstić information content (AvgIpc) is 2.67. The second kappa shape index (κ2) is 9.80. The zero-order valence-electron chi connectivity index (χ0n) is 15.9. The lowest BCUT2D eigenvalue weighted by Crippen LogP contribution is -2.48. The van der Waals surface area contributed by atoms with Gasteiger partial charge in [0.15, 0.2) is 6.61 Å². The van der Waals surface area contributed by atoms with Gasteiger partial charge in [-0.15, -0.1) is 0 Å². The highest BCUT2D eigenvalue weighted by Gasteiger charge is 2.23. The van der Waals surface area contributed by atoms with Crippen molar-refractivity contribution in [3.8, 4) is 11.5 Å². The van der Waals surface area contributed by atoms with Crippen LogP contribution in [0.5, 0.6) is 11.5 Å². The molecular formula is C19H26N2O6. The smallest absolute Gasteiger partial charge is 0.342 e. The molecule has 27 heavy (non-hydrogen) atoms. The van der Waals surface area contributed by atoms with Crippen LogP contribution < -0.4 is 20.1 Å². The number of esters is 1. The molecule has 2 rings (SSSR count).